The molecule has 2 rings (SSSR count). The van der Waals surface area contributed by atoms with Gasteiger partial charge in [0.1, 0.15) is 11.6 Å². The molecule has 0 saturated carbocycles. The van der Waals surface area contributed by atoms with Crippen molar-refractivity contribution >= 4 is 5.91 Å². The molecule has 0 aliphatic rings. The van der Waals surface area contributed by atoms with Gasteiger partial charge in [0.25, 0.3) is 5.56 Å². The third kappa shape index (κ3) is 4.64. The minimum absolute atomic E-state index is 0.122. The van der Waals surface area contributed by atoms with E-state index in [0.29, 0.717) is 11.6 Å². The van der Waals surface area contributed by atoms with Crippen molar-refractivity contribution in [2.24, 2.45) is 11.5 Å². The predicted molar refractivity (Wildman–Crippen MR) is 89.5 cm³/mol. The van der Waals surface area contributed by atoms with Gasteiger partial charge in [-0.25, -0.2) is 4.98 Å². The van der Waals surface area contributed by atoms with Crippen LogP contribution in [0.5, 0.6) is 5.75 Å². The average Bonchev–Trinajstić information content (AvgIpc) is 2.59. The van der Waals surface area contributed by atoms with Gasteiger partial charge in [0.05, 0.1) is 19.2 Å². The van der Waals surface area contributed by atoms with Crippen molar-refractivity contribution in [3.63, 3.8) is 0 Å². The zero-order valence-corrected chi connectivity index (χ0v) is 13.4. The maximum absolute atomic E-state index is 12.3. The Balaban J connectivity index is 2.04. The topological polar surface area (TPSA) is 136 Å². The van der Waals surface area contributed by atoms with Crippen molar-refractivity contribution in [3.05, 3.63) is 58.3 Å². The Bertz CT molecular complexity index is 746. The molecule has 128 valence electrons. The number of rotatable bonds is 7. The molecular formula is C16H21N5O3. The van der Waals surface area contributed by atoms with E-state index in [9.17, 15) is 9.59 Å². The van der Waals surface area contributed by atoms with Gasteiger partial charge in [0.15, 0.2) is 0 Å². The van der Waals surface area contributed by atoms with Crippen LogP contribution in [-0.2, 0) is 11.2 Å². The second-order valence-corrected chi connectivity index (χ2v) is 5.26. The predicted octanol–water partition coefficient (Wildman–Crippen LogP) is -0.535. The van der Waals surface area contributed by atoms with Crippen molar-refractivity contribution in [1.82, 2.24) is 15.3 Å². The van der Waals surface area contributed by atoms with Crippen molar-refractivity contribution in [3.8, 4) is 5.75 Å². The molecule has 0 saturated heterocycles. The fourth-order valence-corrected chi connectivity index (χ4v) is 2.23. The molecular weight excluding hydrogens is 310 g/mol. The van der Waals surface area contributed by atoms with Crippen LogP contribution in [0.3, 0.4) is 0 Å². The van der Waals surface area contributed by atoms with Crippen LogP contribution in [-0.4, -0.2) is 35.6 Å². The van der Waals surface area contributed by atoms with Crippen LogP contribution in [0.2, 0.25) is 0 Å². The number of methoxy groups -OCH3 is 1. The number of nitrogens with one attached hydrogen (secondary N) is 2. The van der Waals surface area contributed by atoms with Crippen molar-refractivity contribution in [1.29, 1.82) is 0 Å². The van der Waals surface area contributed by atoms with Gasteiger partial charge in [0.2, 0.25) is 5.91 Å². The van der Waals surface area contributed by atoms with E-state index in [2.05, 4.69) is 15.3 Å². The molecule has 2 unspecified atom stereocenters. The van der Waals surface area contributed by atoms with Gasteiger partial charge < -0.3 is 26.5 Å². The number of aromatic amines is 1. The highest BCUT2D eigenvalue weighted by Crippen LogP contribution is 2.18. The highest BCUT2D eigenvalue weighted by molar-refractivity contribution is 5.82. The third-order valence-electron chi connectivity index (χ3n) is 3.52. The van der Waals surface area contributed by atoms with Gasteiger partial charge in [-0.05, 0) is 17.7 Å². The number of aromatic nitrogens is 2. The molecule has 1 heterocycles. The number of hydrogen-bond donors (Lipinski definition) is 4. The Morgan fingerprint density at radius 3 is 2.88 bits per heavy atom. The van der Waals surface area contributed by atoms with Gasteiger partial charge in [-0.3, -0.25) is 9.59 Å². The van der Waals surface area contributed by atoms with Crippen LogP contribution in [0.15, 0.2) is 41.3 Å². The molecule has 24 heavy (non-hydrogen) atoms. The summed E-state index contributed by atoms with van der Waals surface area (Å²) in [6.45, 7) is 0.214. The van der Waals surface area contributed by atoms with Crippen molar-refractivity contribution in [2.45, 2.75) is 18.5 Å². The maximum Gasteiger partial charge on any atom is 0.250 e. The molecule has 0 aliphatic heterocycles. The maximum atomic E-state index is 12.3. The highest BCUT2D eigenvalue weighted by Gasteiger charge is 2.20. The van der Waals surface area contributed by atoms with Gasteiger partial charge in [-0.2, -0.15) is 0 Å². The molecule has 1 aromatic heterocycles. The average molecular weight is 331 g/mol. The molecule has 6 N–H and O–H groups in total. The number of amides is 1. The fraction of sp³-hybridized carbons (Fsp3) is 0.312. The number of carbonyl (C=O) groups excluding carboxylic acids is 1. The van der Waals surface area contributed by atoms with Crippen LogP contribution in [0, 0.1) is 0 Å². The van der Waals surface area contributed by atoms with E-state index in [4.69, 9.17) is 16.2 Å². The van der Waals surface area contributed by atoms with Crippen molar-refractivity contribution in [2.75, 3.05) is 13.7 Å². The second kappa shape index (κ2) is 8.23. The van der Waals surface area contributed by atoms with E-state index in [1.165, 1.54) is 12.3 Å². The van der Waals surface area contributed by atoms with E-state index < -0.39 is 6.04 Å². The van der Waals surface area contributed by atoms with E-state index >= 15 is 0 Å². The summed E-state index contributed by atoms with van der Waals surface area (Å²) < 4.78 is 5.17. The molecule has 1 aromatic carbocycles. The van der Waals surface area contributed by atoms with Crippen molar-refractivity contribution < 1.29 is 9.53 Å². The van der Waals surface area contributed by atoms with Gasteiger partial charge >= 0.3 is 0 Å². The third-order valence-corrected chi connectivity index (χ3v) is 3.52. The van der Waals surface area contributed by atoms with E-state index in [0.717, 1.165) is 5.56 Å². The lowest BCUT2D eigenvalue weighted by atomic mass is 10.1. The SMILES string of the molecule is COc1cccc(C(CN)NC(=O)C(N)Cc2nccc(=O)[nH]2)c1. The zero-order valence-electron chi connectivity index (χ0n) is 13.4. The molecule has 2 atom stereocenters. The molecule has 1 amide bonds. The molecule has 8 heteroatoms. The van der Waals surface area contributed by atoms with Crippen LogP contribution < -0.4 is 27.1 Å². The van der Waals surface area contributed by atoms with Gasteiger partial charge in [-0.15, -0.1) is 0 Å². The number of hydrogen-bond acceptors (Lipinski definition) is 6. The summed E-state index contributed by atoms with van der Waals surface area (Å²) in [5.41, 5.74) is 12.2. The number of nitrogens with two attached hydrogens (primary N) is 2. The van der Waals surface area contributed by atoms with Crippen LogP contribution in [0.25, 0.3) is 0 Å². The molecule has 0 aliphatic carbocycles. The lowest BCUT2D eigenvalue weighted by Crippen LogP contribution is -2.45. The number of ether oxygens (including phenoxy) is 1. The monoisotopic (exact) mass is 331 g/mol. The van der Waals surface area contributed by atoms with Gasteiger partial charge in [0, 0.05) is 25.2 Å². The van der Waals surface area contributed by atoms with Gasteiger partial charge in [-0.1, -0.05) is 12.1 Å². The molecule has 2 aromatic rings. The van der Waals surface area contributed by atoms with Crippen LogP contribution >= 0.6 is 0 Å². The summed E-state index contributed by atoms with van der Waals surface area (Å²) in [6.07, 6.45) is 1.50. The highest BCUT2D eigenvalue weighted by atomic mass is 16.5. The minimum Gasteiger partial charge on any atom is -0.497 e. The lowest BCUT2D eigenvalue weighted by molar-refractivity contribution is -0.123. The first-order chi connectivity index (χ1) is 11.5. The Labute approximate surface area is 139 Å². The summed E-state index contributed by atoms with van der Waals surface area (Å²) in [5.74, 6) is 0.658. The first kappa shape index (κ1) is 17.6. The molecule has 0 bridgehead atoms. The summed E-state index contributed by atoms with van der Waals surface area (Å²) in [4.78, 5) is 30.1. The Kier molecular flexibility index (Phi) is 6.05. The minimum atomic E-state index is -0.852. The molecule has 0 radical (unpaired) electrons. The summed E-state index contributed by atoms with van der Waals surface area (Å²) in [6, 6.07) is 7.34. The zero-order chi connectivity index (χ0) is 17.5. The smallest absolute Gasteiger partial charge is 0.250 e. The first-order valence-electron chi connectivity index (χ1n) is 7.47. The molecule has 8 nitrogen and oxygen atoms in total. The number of benzene rings is 1. The Morgan fingerprint density at radius 1 is 1.42 bits per heavy atom. The quantitative estimate of drug-likeness (QED) is 0.538. The Morgan fingerprint density at radius 2 is 2.21 bits per heavy atom. The fourth-order valence-electron chi connectivity index (χ4n) is 2.23. The lowest BCUT2D eigenvalue weighted by Gasteiger charge is -2.20. The number of H-pyrrole nitrogens is 1. The first-order valence-corrected chi connectivity index (χ1v) is 7.47. The number of carbonyl (C=O) groups is 1. The standard InChI is InChI=1S/C16H21N5O3/c1-24-11-4-2-3-10(7-11)13(9-17)20-16(23)12(18)8-14-19-6-5-15(22)21-14/h2-7,12-13H,8-9,17-18H2,1H3,(H,20,23)(H,19,21,22). The Hall–Kier alpha value is -2.71. The number of nitrogens with zero attached hydrogens (tertiary/aromatic N) is 1. The van der Waals surface area contributed by atoms with E-state index in [1.807, 2.05) is 18.2 Å². The summed E-state index contributed by atoms with van der Waals surface area (Å²) >= 11 is 0. The molecule has 0 spiro atoms. The summed E-state index contributed by atoms with van der Waals surface area (Å²) in [7, 11) is 1.57. The normalized spacial score (nSPS) is 13.1. The van der Waals surface area contributed by atoms with Crippen LogP contribution in [0.4, 0.5) is 0 Å². The largest absolute Gasteiger partial charge is 0.497 e. The second-order valence-electron chi connectivity index (χ2n) is 5.26. The summed E-state index contributed by atoms with van der Waals surface area (Å²) in [5, 5.41) is 2.80. The van der Waals surface area contributed by atoms with E-state index in [1.54, 1.807) is 13.2 Å². The molecule has 0 fully saturated rings. The van der Waals surface area contributed by atoms with E-state index in [-0.39, 0.29) is 30.5 Å². The van der Waals surface area contributed by atoms with Crippen LogP contribution in [0.1, 0.15) is 17.4 Å².